The molecule has 1 atom stereocenters. The Morgan fingerprint density at radius 3 is 2.10 bits per heavy atom. The van der Waals surface area contributed by atoms with E-state index in [0.717, 1.165) is 13.0 Å². The van der Waals surface area contributed by atoms with Crippen LogP contribution < -0.4 is 5.32 Å². The number of benzene rings is 2. The van der Waals surface area contributed by atoms with Crippen molar-refractivity contribution in [3.05, 3.63) is 70.8 Å². The summed E-state index contributed by atoms with van der Waals surface area (Å²) in [6.07, 6.45) is 1.15. The summed E-state index contributed by atoms with van der Waals surface area (Å²) >= 11 is 0. The fourth-order valence-electron chi connectivity index (χ4n) is 2.68. The van der Waals surface area contributed by atoms with Crippen LogP contribution in [0.15, 0.2) is 48.5 Å². The van der Waals surface area contributed by atoms with Crippen molar-refractivity contribution in [3.8, 4) is 0 Å². The van der Waals surface area contributed by atoms with Crippen LogP contribution in [0.5, 0.6) is 0 Å². The molecule has 0 bridgehead atoms. The van der Waals surface area contributed by atoms with Gasteiger partial charge in [0.1, 0.15) is 0 Å². The largest absolute Gasteiger partial charge is 0.306 e. The lowest BCUT2D eigenvalue weighted by atomic mass is 9.93. The van der Waals surface area contributed by atoms with Crippen LogP contribution in [0.1, 0.15) is 61.4 Å². The summed E-state index contributed by atoms with van der Waals surface area (Å²) in [4.78, 5) is 0. The lowest BCUT2D eigenvalue weighted by Crippen LogP contribution is -2.23. The smallest absolute Gasteiger partial charge is 0.0579 e. The summed E-state index contributed by atoms with van der Waals surface area (Å²) in [5, 5.41) is 3.69. The number of aryl methyl sites for hydroxylation is 1. The molecule has 1 nitrogen and oxygen atoms in total. The lowest BCUT2D eigenvalue weighted by molar-refractivity contribution is 0.596. The molecule has 1 unspecified atom stereocenters. The molecule has 2 aromatic rings. The fourth-order valence-corrected chi connectivity index (χ4v) is 2.68. The fraction of sp³-hybridized carbons (Fsp3) is 0.400. The number of hydrogen-bond acceptors (Lipinski definition) is 1. The Morgan fingerprint density at radius 1 is 0.905 bits per heavy atom. The van der Waals surface area contributed by atoms with Crippen molar-refractivity contribution in [1.29, 1.82) is 0 Å². The molecule has 1 heteroatoms. The first-order valence-electron chi connectivity index (χ1n) is 8.02. The van der Waals surface area contributed by atoms with Gasteiger partial charge in [0.15, 0.2) is 0 Å². The van der Waals surface area contributed by atoms with Gasteiger partial charge >= 0.3 is 0 Å². The van der Waals surface area contributed by atoms with E-state index >= 15 is 0 Å². The molecule has 2 rings (SSSR count). The Labute approximate surface area is 129 Å². The third-order valence-corrected chi connectivity index (χ3v) is 4.03. The predicted octanol–water partition coefficient (Wildman–Crippen LogP) is 5.21. The molecule has 112 valence electrons. The topological polar surface area (TPSA) is 12.0 Å². The van der Waals surface area contributed by atoms with Gasteiger partial charge in [-0.05, 0) is 48.1 Å². The van der Waals surface area contributed by atoms with Gasteiger partial charge in [0.2, 0.25) is 0 Å². The summed E-state index contributed by atoms with van der Waals surface area (Å²) in [5.74, 6) is 0.583. The van der Waals surface area contributed by atoms with Crippen LogP contribution >= 0.6 is 0 Å². The zero-order valence-electron chi connectivity index (χ0n) is 13.7. The highest BCUT2D eigenvalue weighted by molar-refractivity contribution is 5.38. The maximum Gasteiger partial charge on any atom is 0.0579 e. The first-order valence-corrected chi connectivity index (χ1v) is 8.02. The lowest BCUT2D eigenvalue weighted by Gasteiger charge is -2.22. The number of nitrogens with one attached hydrogen (secondary N) is 1. The Hall–Kier alpha value is -1.60. The van der Waals surface area contributed by atoms with E-state index in [9.17, 15) is 0 Å². The SMILES string of the molecule is CCCNC(c1ccc(C(C)C)cc1)c1ccccc1C. The van der Waals surface area contributed by atoms with Crippen LogP contribution in [-0.2, 0) is 0 Å². The summed E-state index contributed by atoms with van der Waals surface area (Å²) in [6, 6.07) is 18.0. The third-order valence-electron chi connectivity index (χ3n) is 4.03. The third kappa shape index (κ3) is 3.95. The van der Waals surface area contributed by atoms with Crippen molar-refractivity contribution in [2.24, 2.45) is 0 Å². The van der Waals surface area contributed by atoms with Crippen LogP contribution in [-0.4, -0.2) is 6.54 Å². The highest BCUT2D eigenvalue weighted by Gasteiger charge is 2.15. The first kappa shape index (κ1) is 15.8. The van der Waals surface area contributed by atoms with Crippen LogP contribution in [0.25, 0.3) is 0 Å². The Balaban J connectivity index is 2.33. The molecule has 0 aliphatic heterocycles. The second-order valence-corrected chi connectivity index (χ2v) is 6.07. The zero-order valence-corrected chi connectivity index (χ0v) is 13.7. The summed E-state index contributed by atoms with van der Waals surface area (Å²) in [6.45, 7) is 9.92. The van der Waals surface area contributed by atoms with Crippen LogP contribution in [0.3, 0.4) is 0 Å². The molecule has 0 aliphatic rings. The molecule has 0 saturated heterocycles. The van der Waals surface area contributed by atoms with E-state index in [0.29, 0.717) is 5.92 Å². The maximum absolute atomic E-state index is 3.69. The number of hydrogen-bond donors (Lipinski definition) is 1. The van der Waals surface area contributed by atoms with Gasteiger partial charge in [0, 0.05) is 0 Å². The van der Waals surface area contributed by atoms with Crippen molar-refractivity contribution < 1.29 is 0 Å². The van der Waals surface area contributed by atoms with E-state index in [1.165, 1.54) is 22.3 Å². The average molecular weight is 281 g/mol. The standard InChI is InChI=1S/C20H27N/c1-5-14-21-20(19-9-7-6-8-16(19)4)18-12-10-17(11-13-18)15(2)3/h6-13,15,20-21H,5,14H2,1-4H3. The summed E-state index contributed by atoms with van der Waals surface area (Å²) in [7, 11) is 0. The van der Waals surface area contributed by atoms with E-state index in [1.807, 2.05) is 0 Å². The van der Waals surface area contributed by atoms with Gasteiger partial charge in [-0.25, -0.2) is 0 Å². The summed E-state index contributed by atoms with van der Waals surface area (Å²) in [5.41, 5.74) is 5.47. The molecule has 0 aliphatic carbocycles. The van der Waals surface area contributed by atoms with Gasteiger partial charge in [-0.1, -0.05) is 69.3 Å². The molecular weight excluding hydrogens is 254 g/mol. The van der Waals surface area contributed by atoms with E-state index in [-0.39, 0.29) is 6.04 Å². The molecule has 0 radical (unpaired) electrons. The molecule has 0 fully saturated rings. The molecule has 21 heavy (non-hydrogen) atoms. The van der Waals surface area contributed by atoms with Crippen molar-refractivity contribution >= 4 is 0 Å². The minimum Gasteiger partial charge on any atom is -0.306 e. The zero-order chi connectivity index (χ0) is 15.2. The molecule has 0 aromatic heterocycles. The predicted molar refractivity (Wildman–Crippen MR) is 91.8 cm³/mol. The average Bonchev–Trinajstić information content (AvgIpc) is 2.50. The second-order valence-electron chi connectivity index (χ2n) is 6.07. The normalized spacial score (nSPS) is 12.6. The van der Waals surface area contributed by atoms with Gasteiger partial charge in [-0.3, -0.25) is 0 Å². The van der Waals surface area contributed by atoms with Gasteiger partial charge in [-0.15, -0.1) is 0 Å². The van der Waals surface area contributed by atoms with Gasteiger partial charge in [-0.2, -0.15) is 0 Å². The molecule has 0 amide bonds. The van der Waals surface area contributed by atoms with E-state index in [2.05, 4.69) is 81.5 Å². The van der Waals surface area contributed by atoms with Crippen LogP contribution in [0.4, 0.5) is 0 Å². The monoisotopic (exact) mass is 281 g/mol. The molecule has 0 saturated carbocycles. The minimum absolute atomic E-state index is 0.285. The van der Waals surface area contributed by atoms with Gasteiger partial charge < -0.3 is 5.32 Å². The van der Waals surface area contributed by atoms with Gasteiger partial charge in [0.05, 0.1) is 6.04 Å². The van der Waals surface area contributed by atoms with Crippen molar-refractivity contribution in [2.75, 3.05) is 6.54 Å². The Bertz CT molecular complexity index is 554. The highest BCUT2D eigenvalue weighted by atomic mass is 14.9. The Kier molecular flexibility index (Phi) is 5.58. The van der Waals surface area contributed by atoms with Crippen LogP contribution in [0, 0.1) is 6.92 Å². The van der Waals surface area contributed by atoms with E-state index in [4.69, 9.17) is 0 Å². The molecule has 2 aromatic carbocycles. The molecule has 0 heterocycles. The van der Waals surface area contributed by atoms with E-state index in [1.54, 1.807) is 0 Å². The van der Waals surface area contributed by atoms with Gasteiger partial charge in [0.25, 0.3) is 0 Å². The maximum atomic E-state index is 3.69. The van der Waals surface area contributed by atoms with Crippen molar-refractivity contribution in [3.63, 3.8) is 0 Å². The minimum atomic E-state index is 0.285. The van der Waals surface area contributed by atoms with Crippen molar-refractivity contribution in [1.82, 2.24) is 5.32 Å². The van der Waals surface area contributed by atoms with Crippen LogP contribution in [0.2, 0.25) is 0 Å². The quantitative estimate of drug-likeness (QED) is 0.766. The molecule has 0 spiro atoms. The molecule has 1 N–H and O–H groups in total. The first-order chi connectivity index (χ1) is 10.1. The highest BCUT2D eigenvalue weighted by Crippen LogP contribution is 2.26. The summed E-state index contributed by atoms with van der Waals surface area (Å²) < 4.78 is 0. The van der Waals surface area contributed by atoms with Crippen molar-refractivity contribution in [2.45, 2.75) is 46.1 Å². The van der Waals surface area contributed by atoms with E-state index < -0.39 is 0 Å². The molecular formula is C20H27N. The second kappa shape index (κ2) is 7.42. The number of rotatable bonds is 6. The Morgan fingerprint density at radius 2 is 1.52 bits per heavy atom.